The first-order valence-electron chi connectivity index (χ1n) is 13.0. The lowest BCUT2D eigenvalue weighted by atomic mass is 10.0. The molecule has 21 nitrogen and oxygen atoms in total. The Balaban J connectivity index is 1.54. The van der Waals surface area contributed by atoms with Gasteiger partial charge in [-0.15, -0.1) is 21.1 Å². The zero-order valence-electron chi connectivity index (χ0n) is 24.4. The van der Waals surface area contributed by atoms with Crippen molar-refractivity contribution in [3.05, 3.63) is 23.3 Å². The summed E-state index contributed by atoms with van der Waals surface area (Å²) in [6, 6.07) is -1.20. The number of carbonyl (C=O) groups excluding carboxylic acids is 4. The first-order chi connectivity index (χ1) is 21.5. The lowest BCUT2D eigenvalue weighted by molar-refractivity contribution is -0.765. The van der Waals surface area contributed by atoms with Crippen LogP contribution in [0.4, 0.5) is 16.6 Å². The van der Waals surface area contributed by atoms with Crippen LogP contribution < -0.4 is 43.4 Å². The molecule has 1 saturated heterocycles. The third-order valence-electron chi connectivity index (χ3n) is 6.60. The van der Waals surface area contributed by atoms with Crippen LogP contribution in [-0.2, 0) is 42.4 Å². The van der Waals surface area contributed by atoms with Crippen LogP contribution in [0.5, 0.6) is 0 Å². The van der Waals surface area contributed by atoms with Crippen LogP contribution >= 0.6 is 23.3 Å². The predicted molar refractivity (Wildman–Crippen MR) is 160 cm³/mol. The molecule has 4 rings (SSSR count). The van der Waals surface area contributed by atoms with Gasteiger partial charge in [0, 0.05) is 22.9 Å². The van der Waals surface area contributed by atoms with Gasteiger partial charge in [-0.25, -0.2) is 9.79 Å². The van der Waals surface area contributed by atoms with Gasteiger partial charge in [-0.2, -0.15) is 9.36 Å². The molecular formula is C23H29N13O8S2. The summed E-state index contributed by atoms with van der Waals surface area (Å²) in [5, 5.41) is 29.4. The minimum Gasteiger partial charge on any atom is -0.543 e. The van der Waals surface area contributed by atoms with E-state index in [0.717, 1.165) is 16.4 Å². The molecule has 2 aromatic heterocycles. The number of aliphatic imine (C=N–C) groups is 1. The Morgan fingerprint density at radius 1 is 1.28 bits per heavy atom. The molecule has 0 saturated carbocycles. The second-order valence-electron chi connectivity index (χ2n) is 10.2. The van der Waals surface area contributed by atoms with E-state index in [4.69, 9.17) is 27.8 Å². The molecule has 46 heavy (non-hydrogen) atoms. The van der Waals surface area contributed by atoms with Gasteiger partial charge in [0.15, 0.2) is 29.1 Å². The zero-order valence-corrected chi connectivity index (χ0v) is 26.0. The molecule has 3 amide bonds. The second-order valence-corrected chi connectivity index (χ2v) is 12.1. The number of nitrogens with zero attached hydrogens (tertiary/aromatic N) is 7. The molecule has 0 aliphatic carbocycles. The van der Waals surface area contributed by atoms with E-state index in [9.17, 15) is 34.2 Å². The van der Waals surface area contributed by atoms with Crippen LogP contribution in [-0.4, -0.2) is 94.7 Å². The van der Waals surface area contributed by atoms with Crippen molar-refractivity contribution in [2.24, 2.45) is 28.7 Å². The molecule has 4 heterocycles. The van der Waals surface area contributed by atoms with Gasteiger partial charge in [0.1, 0.15) is 18.0 Å². The lowest BCUT2D eigenvalue weighted by Crippen LogP contribution is -2.71. The zero-order chi connectivity index (χ0) is 34.1. The number of β-lactam (4-membered cyclic amide) rings is 1. The van der Waals surface area contributed by atoms with Gasteiger partial charge in [0.25, 0.3) is 11.8 Å². The van der Waals surface area contributed by atoms with Crippen molar-refractivity contribution in [3.63, 3.8) is 0 Å². The molecule has 11 N–H and O–H groups in total. The predicted octanol–water partition coefficient (Wildman–Crippen LogP) is -4.77. The number of fused-ring (bicyclic) bond motifs is 1. The molecule has 2 atom stereocenters. The molecule has 0 spiro atoms. The Morgan fingerprint density at radius 3 is 2.57 bits per heavy atom. The van der Waals surface area contributed by atoms with Gasteiger partial charge in [-0.05, 0) is 13.8 Å². The van der Waals surface area contributed by atoms with Gasteiger partial charge < -0.3 is 53.4 Å². The number of guanidine groups is 1. The first-order valence-corrected chi connectivity index (χ1v) is 14.8. The Bertz CT molecular complexity index is 1710. The van der Waals surface area contributed by atoms with E-state index in [1.54, 1.807) is 7.05 Å². The quantitative estimate of drug-likeness (QED) is 0.0364. The Kier molecular flexibility index (Phi) is 9.36. The molecule has 1 fully saturated rings. The lowest BCUT2D eigenvalue weighted by Gasteiger charge is -2.50. The van der Waals surface area contributed by atoms with Gasteiger partial charge in [0.2, 0.25) is 29.2 Å². The van der Waals surface area contributed by atoms with E-state index in [-0.39, 0.29) is 58.5 Å². The van der Waals surface area contributed by atoms with Crippen molar-refractivity contribution in [2.45, 2.75) is 37.4 Å². The van der Waals surface area contributed by atoms with Crippen molar-refractivity contribution >= 4 is 81.3 Å². The minimum atomic E-state index is -1.83. The molecular weight excluding hydrogens is 650 g/mol. The summed E-state index contributed by atoms with van der Waals surface area (Å²) in [5.41, 5.74) is 19.9. The third-order valence-corrected chi connectivity index (χ3v) is 8.48. The first kappa shape index (κ1) is 33.4. The highest BCUT2D eigenvalue weighted by Crippen LogP contribution is 2.40. The van der Waals surface area contributed by atoms with Crippen molar-refractivity contribution in [2.75, 3.05) is 29.1 Å². The number of nitrogens with two attached hydrogens (primary N) is 4. The standard InChI is InChI=1S/C23H29N13O8S2/c1-23(2,20(42)43)44-32-11(15-31-22(27)46-33-15)16(38)30-12-17(39)36-13(19(40)41)8(7-45-18(12)36)5-35-6-9(14(24)34(35)3)29-10(37)4-28-21(25)26/h6,12,18,24H,4-5,7H2,1-3H3,(H10,25,26,27,28,29,30,31,33,37,38,40,41,42,43)/b32-11-/t12-,18-/m1/s1. The largest absolute Gasteiger partial charge is 0.543 e. The number of aliphatic carboxylic acids is 2. The molecule has 0 radical (unpaired) electrons. The number of anilines is 3. The Labute approximate surface area is 267 Å². The van der Waals surface area contributed by atoms with Crippen molar-refractivity contribution < 1.29 is 43.7 Å². The molecule has 0 aromatic carbocycles. The molecule has 23 heteroatoms. The maximum absolute atomic E-state index is 13.2. The summed E-state index contributed by atoms with van der Waals surface area (Å²) >= 11 is 1.91. The highest BCUT2D eigenvalue weighted by atomic mass is 32.2. The fraction of sp³-hybridized carbons (Fsp3) is 0.391. The number of amides is 3. The summed E-state index contributed by atoms with van der Waals surface area (Å²) in [6.45, 7) is 1.99. The summed E-state index contributed by atoms with van der Waals surface area (Å²) < 4.78 is 6.88. The molecule has 2 aliphatic rings. The maximum atomic E-state index is 13.2. The van der Waals surface area contributed by atoms with Crippen LogP contribution in [0.3, 0.4) is 0 Å². The van der Waals surface area contributed by atoms with E-state index in [1.807, 2.05) is 0 Å². The van der Waals surface area contributed by atoms with Crippen molar-refractivity contribution in [1.29, 1.82) is 0 Å². The number of hydrogen-bond acceptors (Lipinski definition) is 15. The number of nitrogen functional groups attached to an aromatic ring is 2. The van der Waals surface area contributed by atoms with Crippen molar-refractivity contribution in [3.8, 4) is 0 Å². The number of hydrogen-bond donors (Lipinski definition) is 7. The van der Waals surface area contributed by atoms with E-state index in [0.29, 0.717) is 0 Å². The smallest absolute Gasteiger partial charge is 0.350 e. The fourth-order valence-electron chi connectivity index (χ4n) is 4.13. The van der Waals surface area contributed by atoms with Gasteiger partial charge in [-0.1, -0.05) is 5.16 Å². The van der Waals surface area contributed by atoms with E-state index in [2.05, 4.69) is 30.1 Å². The topological polar surface area (TPSA) is 329 Å². The van der Waals surface area contributed by atoms with Crippen LogP contribution in [0, 0.1) is 0 Å². The normalized spacial score (nSPS) is 17.9. The van der Waals surface area contributed by atoms with Crippen molar-refractivity contribution in [1.82, 2.24) is 24.3 Å². The number of carbonyl (C=O) groups is 5. The van der Waals surface area contributed by atoms with E-state index >= 15 is 0 Å². The Hall–Kier alpha value is -5.45. The van der Waals surface area contributed by atoms with E-state index in [1.165, 1.54) is 41.2 Å². The van der Waals surface area contributed by atoms with Gasteiger partial charge >= 0.3 is 5.97 Å². The molecule has 2 aromatic rings. The molecule has 0 unspecified atom stereocenters. The van der Waals surface area contributed by atoms with Crippen LogP contribution in [0.1, 0.15) is 19.7 Å². The Morgan fingerprint density at radius 2 is 1.98 bits per heavy atom. The number of aromatic nitrogens is 4. The monoisotopic (exact) mass is 679 g/mol. The summed E-state index contributed by atoms with van der Waals surface area (Å²) in [7, 11) is 1.57. The number of oxime groups is 1. The number of rotatable bonds is 12. The summed E-state index contributed by atoms with van der Waals surface area (Å²) in [4.78, 5) is 75.9. The maximum Gasteiger partial charge on any atom is 0.350 e. The van der Waals surface area contributed by atoms with Crippen LogP contribution in [0.2, 0.25) is 0 Å². The average molecular weight is 680 g/mol. The highest BCUT2D eigenvalue weighted by molar-refractivity contribution is 8.00. The molecule has 246 valence electrons. The molecule has 0 bridgehead atoms. The average Bonchev–Trinajstić information content (AvgIpc) is 3.52. The van der Waals surface area contributed by atoms with Gasteiger partial charge in [-0.3, -0.25) is 19.3 Å². The third kappa shape index (κ3) is 6.78. The number of carboxylic acids is 2. The highest BCUT2D eigenvalue weighted by Gasteiger charge is 2.53. The number of carboxylic acid groups (broad SMARTS) is 2. The number of thioether (sulfide) groups is 1. The SMILES string of the molecule is Cn1c(N)c(NC(=O)CN=C(N)N)c[n+]1CC1=C(C(=O)[O-])N2C(=O)[C@@H](NC(=O)/C(=N\OC(C)(C)C(=O)O)c3nsc(N)n3)[C@H]2SC1. The summed E-state index contributed by atoms with van der Waals surface area (Å²) in [5.74, 6) is -5.60. The van der Waals surface area contributed by atoms with E-state index < -0.39 is 52.4 Å². The molecule has 2 aliphatic heterocycles. The van der Waals surface area contributed by atoms with Crippen LogP contribution in [0.25, 0.3) is 0 Å². The fourth-order valence-corrected chi connectivity index (χ4v) is 5.90. The minimum absolute atomic E-state index is 0.0173. The van der Waals surface area contributed by atoms with Gasteiger partial charge in [0.05, 0.1) is 18.7 Å². The van der Waals surface area contributed by atoms with Crippen LogP contribution in [0.15, 0.2) is 27.6 Å². The summed E-state index contributed by atoms with van der Waals surface area (Å²) in [6.07, 6.45) is 1.47. The number of nitrogens with one attached hydrogen (secondary N) is 2. The second kappa shape index (κ2) is 12.9.